The third-order valence-electron chi connectivity index (χ3n) is 13.5. The van der Waals surface area contributed by atoms with E-state index in [1.54, 1.807) is 0 Å². The van der Waals surface area contributed by atoms with Crippen LogP contribution in [-0.4, -0.2) is 37.2 Å². The summed E-state index contributed by atoms with van der Waals surface area (Å²) in [6.45, 7) is 6.64. The van der Waals surface area contributed by atoms with E-state index in [1.807, 2.05) is 0 Å². The van der Waals surface area contributed by atoms with Gasteiger partial charge in [0.05, 0.1) is 0 Å². The average Bonchev–Trinajstić information content (AvgIpc) is 3.31. The maximum absolute atomic E-state index is 12.8. The topological polar surface area (TPSA) is 78.9 Å². The average molecular weight is 932 g/mol. The molecule has 0 aliphatic rings. The van der Waals surface area contributed by atoms with Crippen LogP contribution in [0.15, 0.2) is 12.2 Å². The first-order valence-corrected chi connectivity index (χ1v) is 29.7. The van der Waals surface area contributed by atoms with Gasteiger partial charge in [-0.3, -0.25) is 14.4 Å². The normalized spacial score (nSPS) is 12.0. The first-order valence-electron chi connectivity index (χ1n) is 29.7. The van der Waals surface area contributed by atoms with Gasteiger partial charge in [-0.15, -0.1) is 0 Å². The molecule has 66 heavy (non-hydrogen) atoms. The van der Waals surface area contributed by atoms with Gasteiger partial charge in [0.2, 0.25) is 0 Å². The zero-order chi connectivity index (χ0) is 47.9. The van der Waals surface area contributed by atoms with E-state index in [-0.39, 0.29) is 31.1 Å². The fourth-order valence-electron chi connectivity index (χ4n) is 9.02. The lowest BCUT2D eigenvalue weighted by Gasteiger charge is -2.18. The van der Waals surface area contributed by atoms with Crippen molar-refractivity contribution in [2.24, 2.45) is 0 Å². The van der Waals surface area contributed by atoms with Crippen LogP contribution in [0.1, 0.15) is 335 Å². The molecule has 0 rings (SSSR count). The number of unbranched alkanes of at least 4 members (excludes halogenated alkanes) is 42. The van der Waals surface area contributed by atoms with Crippen molar-refractivity contribution in [3.05, 3.63) is 12.2 Å². The lowest BCUT2D eigenvalue weighted by atomic mass is 10.0. The molecule has 0 amide bonds. The molecule has 1 atom stereocenters. The fourth-order valence-corrected chi connectivity index (χ4v) is 9.02. The summed E-state index contributed by atoms with van der Waals surface area (Å²) >= 11 is 0. The Bertz CT molecular complexity index is 1020. The Labute approximate surface area is 411 Å². The number of esters is 3. The van der Waals surface area contributed by atoms with Gasteiger partial charge in [0, 0.05) is 19.3 Å². The minimum atomic E-state index is -0.767. The van der Waals surface area contributed by atoms with Crippen molar-refractivity contribution in [3.63, 3.8) is 0 Å². The summed E-state index contributed by atoms with van der Waals surface area (Å²) in [7, 11) is 0. The molecule has 6 heteroatoms. The number of allylic oxidation sites excluding steroid dienone is 2. The molecule has 6 nitrogen and oxygen atoms in total. The lowest BCUT2D eigenvalue weighted by molar-refractivity contribution is -0.167. The first kappa shape index (κ1) is 64.2. The highest BCUT2D eigenvalue weighted by molar-refractivity contribution is 5.71. The summed E-state index contributed by atoms with van der Waals surface area (Å²) < 4.78 is 16.8. The lowest BCUT2D eigenvalue weighted by Crippen LogP contribution is -2.30. The molecular formula is C60H114O6. The SMILES string of the molecule is CCCC/C=C\CCCCCCCC(=O)OC(COC(=O)CCCCCCCCCCCCC)COC(=O)CCCCCCCCCCCCCCCCCCCCCCCCCCCC. The second kappa shape index (κ2) is 55.7. The molecule has 1 unspecified atom stereocenters. The zero-order valence-electron chi connectivity index (χ0n) is 44.7. The second-order valence-electron chi connectivity index (χ2n) is 20.3. The van der Waals surface area contributed by atoms with Crippen molar-refractivity contribution in [2.75, 3.05) is 13.2 Å². The molecule has 0 radical (unpaired) electrons. The van der Waals surface area contributed by atoms with Crippen LogP contribution in [0.2, 0.25) is 0 Å². The second-order valence-corrected chi connectivity index (χ2v) is 20.3. The fraction of sp³-hybridized carbons (Fsp3) is 0.917. The highest BCUT2D eigenvalue weighted by Crippen LogP contribution is 2.18. The van der Waals surface area contributed by atoms with Crippen molar-refractivity contribution in [3.8, 4) is 0 Å². The van der Waals surface area contributed by atoms with Gasteiger partial charge >= 0.3 is 17.9 Å². The molecule has 0 aromatic carbocycles. The summed E-state index contributed by atoms with van der Waals surface area (Å²) in [6.07, 6.45) is 63.7. The van der Waals surface area contributed by atoms with Gasteiger partial charge in [0.25, 0.3) is 0 Å². The Morgan fingerprint density at radius 3 is 0.803 bits per heavy atom. The van der Waals surface area contributed by atoms with Gasteiger partial charge in [-0.1, -0.05) is 290 Å². The molecule has 0 saturated carbocycles. The van der Waals surface area contributed by atoms with Crippen LogP contribution in [0.4, 0.5) is 0 Å². The number of ether oxygens (including phenoxy) is 3. The monoisotopic (exact) mass is 931 g/mol. The van der Waals surface area contributed by atoms with Gasteiger partial charge in [-0.25, -0.2) is 0 Å². The molecule has 390 valence electrons. The van der Waals surface area contributed by atoms with E-state index in [1.165, 1.54) is 231 Å². The van der Waals surface area contributed by atoms with E-state index >= 15 is 0 Å². The summed E-state index contributed by atoms with van der Waals surface area (Å²) in [4.78, 5) is 38.0. The van der Waals surface area contributed by atoms with Gasteiger partial charge in [0.15, 0.2) is 6.10 Å². The number of hydrogen-bond acceptors (Lipinski definition) is 6. The molecule has 0 aromatic heterocycles. The highest BCUT2D eigenvalue weighted by Gasteiger charge is 2.19. The van der Waals surface area contributed by atoms with Crippen LogP contribution in [-0.2, 0) is 28.6 Å². The maximum Gasteiger partial charge on any atom is 0.306 e. The van der Waals surface area contributed by atoms with E-state index < -0.39 is 6.10 Å². The van der Waals surface area contributed by atoms with Crippen molar-refractivity contribution in [1.82, 2.24) is 0 Å². The number of hydrogen-bond donors (Lipinski definition) is 0. The molecule has 0 aliphatic carbocycles. The van der Waals surface area contributed by atoms with Crippen molar-refractivity contribution in [1.29, 1.82) is 0 Å². The Morgan fingerprint density at radius 1 is 0.288 bits per heavy atom. The number of carbonyl (C=O) groups excluding carboxylic acids is 3. The third-order valence-corrected chi connectivity index (χ3v) is 13.5. The van der Waals surface area contributed by atoms with Crippen LogP contribution in [0.5, 0.6) is 0 Å². The molecule has 0 N–H and O–H groups in total. The predicted octanol–water partition coefficient (Wildman–Crippen LogP) is 19.7. The van der Waals surface area contributed by atoms with Gasteiger partial charge in [0.1, 0.15) is 13.2 Å². The van der Waals surface area contributed by atoms with E-state index in [0.717, 1.165) is 64.2 Å². The van der Waals surface area contributed by atoms with Crippen molar-refractivity contribution < 1.29 is 28.6 Å². The Morgan fingerprint density at radius 2 is 0.515 bits per heavy atom. The standard InChI is InChI=1S/C60H114O6/c1-4-7-10-13-16-19-22-23-24-25-26-27-28-29-30-31-32-33-34-35-36-39-41-44-47-50-53-59(62)65-56-57(66-60(63)54-51-48-45-42-38-21-18-15-12-9-6-3)55-64-58(61)52-49-46-43-40-37-20-17-14-11-8-5-2/h15,18,57H,4-14,16-17,19-56H2,1-3H3/b18-15-. The Balaban J connectivity index is 4.08. The van der Waals surface area contributed by atoms with E-state index in [0.29, 0.717) is 19.3 Å². The molecule has 0 saturated heterocycles. The summed E-state index contributed by atoms with van der Waals surface area (Å²) in [6, 6.07) is 0. The van der Waals surface area contributed by atoms with Crippen LogP contribution in [0.3, 0.4) is 0 Å². The van der Waals surface area contributed by atoms with Crippen LogP contribution < -0.4 is 0 Å². The number of rotatable bonds is 55. The van der Waals surface area contributed by atoms with Crippen molar-refractivity contribution >= 4 is 17.9 Å². The molecular weight excluding hydrogens is 817 g/mol. The van der Waals surface area contributed by atoms with E-state index in [9.17, 15) is 14.4 Å². The van der Waals surface area contributed by atoms with Crippen LogP contribution >= 0.6 is 0 Å². The molecule has 0 spiro atoms. The summed E-state index contributed by atoms with van der Waals surface area (Å²) in [5, 5.41) is 0. The third kappa shape index (κ3) is 53.1. The number of carbonyl (C=O) groups is 3. The van der Waals surface area contributed by atoms with Gasteiger partial charge < -0.3 is 14.2 Å². The zero-order valence-corrected chi connectivity index (χ0v) is 44.7. The smallest absolute Gasteiger partial charge is 0.306 e. The summed E-state index contributed by atoms with van der Waals surface area (Å²) in [5.41, 5.74) is 0. The molecule has 0 aromatic rings. The molecule has 0 bridgehead atoms. The molecule has 0 fully saturated rings. The minimum Gasteiger partial charge on any atom is -0.462 e. The largest absolute Gasteiger partial charge is 0.462 e. The summed E-state index contributed by atoms with van der Waals surface area (Å²) in [5.74, 6) is -0.858. The van der Waals surface area contributed by atoms with Crippen LogP contribution in [0.25, 0.3) is 0 Å². The van der Waals surface area contributed by atoms with Gasteiger partial charge in [-0.05, 0) is 38.5 Å². The minimum absolute atomic E-state index is 0.0679. The van der Waals surface area contributed by atoms with Crippen LogP contribution in [0, 0.1) is 0 Å². The Kier molecular flexibility index (Phi) is 54.2. The quantitative estimate of drug-likeness (QED) is 0.0262. The maximum atomic E-state index is 12.8. The van der Waals surface area contributed by atoms with E-state index in [4.69, 9.17) is 14.2 Å². The van der Waals surface area contributed by atoms with Crippen molar-refractivity contribution in [2.45, 2.75) is 341 Å². The Hall–Kier alpha value is -1.85. The molecule has 0 heterocycles. The van der Waals surface area contributed by atoms with Gasteiger partial charge in [-0.2, -0.15) is 0 Å². The highest BCUT2D eigenvalue weighted by atomic mass is 16.6. The molecule has 0 aliphatic heterocycles. The first-order chi connectivity index (χ1) is 32.5. The van der Waals surface area contributed by atoms with E-state index in [2.05, 4.69) is 32.9 Å². The predicted molar refractivity (Wildman–Crippen MR) is 284 cm³/mol.